The van der Waals surface area contributed by atoms with Crippen LogP contribution in [0.5, 0.6) is 0 Å². The summed E-state index contributed by atoms with van der Waals surface area (Å²) >= 11 is 0. The highest BCUT2D eigenvalue weighted by molar-refractivity contribution is 6.01. The lowest BCUT2D eigenvalue weighted by Crippen LogP contribution is -2.42. The molecule has 0 unspecified atom stereocenters. The molecule has 1 aliphatic heterocycles. The van der Waals surface area contributed by atoms with E-state index in [-0.39, 0.29) is 5.84 Å². The van der Waals surface area contributed by atoms with E-state index in [4.69, 9.17) is 10.9 Å². The van der Waals surface area contributed by atoms with Crippen molar-refractivity contribution in [2.75, 3.05) is 18.0 Å². The van der Waals surface area contributed by atoms with Gasteiger partial charge in [-0.25, -0.2) is 0 Å². The summed E-state index contributed by atoms with van der Waals surface area (Å²) in [6.45, 7) is 1.95. The third-order valence-corrected chi connectivity index (χ3v) is 5.12. The lowest BCUT2D eigenvalue weighted by atomic mass is 9.68. The van der Waals surface area contributed by atoms with Crippen LogP contribution in [0.3, 0.4) is 0 Å². The number of aromatic nitrogens is 2. The van der Waals surface area contributed by atoms with Gasteiger partial charge in [0.1, 0.15) is 0 Å². The Morgan fingerprint density at radius 1 is 1.19 bits per heavy atom. The molecule has 21 heavy (non-hydrogen) atoms. The van der Waals surface area contributed by atoms with E-state index in [0.717, 1.165) is 18.9 Å². The molecule has 2 aliphatic rings. The topological polar surface area (TPSA) is 87.6 Å². The Morgan fingerprint density at radius 2 is 1.90 bits per heavy atom. The molecule has 1 aliphatic carbocycles. The van der Waals surface area contributed by atoms with Gasteiger partial charge in [0.2, 0.25) is 0 Å². The number of anilines is 1. The van der Waals surface area contributed by atoms with Crippen molar-refractivity contribution in [2.24, 2.45) is 16.3 Å². The first-order chi connectivity index (χ1) is 10.2. The van der Waals surface area contributed by atoms with Crippen molar-refractivity contribution >= 4 is 11.7 Å². The largest absolute Gasteiger partial charge is 0.409 e. The molecule has 0 aromatic carbocycles. The van der Waals surface area contributed by atoms with Crippen LogP contribution in [0.4, 0.5) is 5.82 Å². The van der Waals surface area contributed by atoms with E-state index < -0.39 is 0 Å². The highest BCUT2D eigenvalue weighted by atomic mass is 16.4. The average Bonchev–Trinajstić information content (AvgIpc) is 2.56. The fraction of sp³-hybridized carbons (Fsp3) is 0.667. The molecule has 6 nitrogen and oxygen atoms in total. The molecule has 2 heterocycles. The summed E-state index contributed by atoms with van der Waals surface area (Å²) in [5.74, 6) is 0.830. The highest BCUT2D eigenvalue weighted by Gasteiger charge is 2.36. The first-order valence-electron chi connectivity index (χ1n) is 7.79. The van der Waals surface area contributed by atoms with Gasteiger partial charge in [-0.15, -0.1) is 5.10 Å². The third kappa shape index (κ3) is 2.80. The van der Waals surface area contributed by atoms with Crippen LogP contribution >= 0.6 is 0 Å². The summed E-state index contributed by atoms with van der Waals surface area (Å²) in [7, 11) is 0. The van der Waals surface area contributed by atoms with Gasteiger partial charge < -0.3 is 15.8 Å². The first-order valence-corrected chi connectivity index (χ1v) is 7.79. The Hall–Kier alpha value is -1.85. The molecule has 0 bridgehead atoms. The number of hydrogen-bond donors (Lipinski definition) is 2. The lowest BCUT2D eigenvalue weighted by Gasteiger charge is -2.44. The van der Waals surface area contributed by atoms with Gasteiger partial charge in [-0.2, -0.15) is 5.10 Å². The Labute approximate surface area is 125 Å². The second kappa shape index (κ2) is 5.87. The van der Waals surface area contributed by atoms with Gasteiger partial charge in [0, 0.05) is 13.1 Å². The van der Waals surface area contributed by atoms with Crippen LogP contribution < -0.4 is 10.6 Å². The maximum atomic E-state index is 8.91. The molecule has 3 N–H and O–H groups in total. The Kier molecular flexibility index (Phi) is 3.94. The SMILES string of the molecule is N/C(=N/O)c1ccnnc1N1CCC2(CCCCC2)CC1. The van der Waals surface area contributed by atoms with Crippen LogP contribution in [-0.2, 0) is 0 Å². The van der Waals surface area contributed by atoms with Gasteiger partial charge in [0.05, 0.1) is 11.8 Å². The van der Waals surface area contributed by atoms with Crippen LogP contribution in [0.15, 0.2) is 17.4 Å². The van der Waals surface area contributed by atoms with Crippen molar-refractivity contribution in [1.82, 2.24) is 10.2 Å². The maximum absolute atomic E-state index is 8.91. The zero-order chi connectivity index (χ0) is 14.7. The highest BCUT2D eigenvalue weighted by Crippen LogP contribution is 2.45. The molecule has 1 saturated heterocycles. The third-order valence-electron chi connectivity index (χ3n) is 5.12. The van der Waals surface area contributed by atoms with Gasteiger partial charge in [-0.3, -0.25) is 0 Å². The number of nitrogens with two attached hydrogens (primary N) is 1. The molecule has 1 aromatic heterocycles. The molecule has 1 spiro atoms. The molecule has 6 heteroatoms. The standard InChI is InChI=1S/C15H23N5O/c16-13(19-21)12-4-9-17-18-14(12)20-10-7-15(8-11-20)5-2-1-3-6-15/h4,9,21H,1-3,5-8,10-11H2,(H2,16,19). The van der Waals surface area contributed by atoms with Crippen molar-refractivity contribution in [3.8, 4) is 0 Å². The normalized spacial score (nSPS) is 22.5. The van der Waals surface area contributed by atoms with Gasteiger partial charge >= 0.3 is 0 Å². The molecule has 2 fully saturated rings. The van der Waals surface area contributed by atoms with Gasteiger partial charge in [0.15, 0.2) is 11.7 Å². The van der Waals surface area contributed by atoms with Gasteiger partial charge in [-0.1, -0.05) is 24.4 Å². The number of nitrogens with zero attached hydrogens (tertiary/aromatic N) is 4. The minimum Gasteiger partial charge on any atom is -0.409 e. The molecule has 0 atom stereocenters. The minimum absolute atomic E-state index is 0.0952. The number of piperidine rings is 1. The quantitative estimate of drug-likeness (QED) is 0.377. The van der Waals surface area contributed by atoms with Crippen molar-refractivity contribution in [3.05, 3.63) is 17.8 Å². The van der Waals surface area contributed by atoms with Crippen molar-refractivity contribution < 1.29 is 5.21 Å². The van der Waals surface area contributed by atoms with Crippen LogP contribution in [0.25, 0.3) is 0 Å². The maximum Gasteiger partial charge on any atom is 0.173 e. The summed E-state index contributed by atoms with van der Waals surface area (Å²) in [4.78, 5) is 2.22. The fourth-order valence-corrected chi connectivity index (χ4v) is 3.81. The number of oxime groups is 1. The number of hydrogen-bond acceptors (Lipinski definition) is 5. The predicted molar refractivity (Wildman–Crippen MR) is 81.5 cm³/mol. The molecule has 1 aromatic rings. The molecule has 0 radical (unpaired) electrons. The van der Waals surface area contributed by atoms with E-state index in [2.05, 4.69) is 20.3 Å². The number of rotatable bonds is 2. The molecular weight excluding hydrogens is 266 g/mol. The summed E-state index contributed by atoms with van der Waals surface area (Å²) < 4.78 is 0. The molecular formula is C15H23N5O. The van der Waals surface area contributed by atoms with E-state index in [9.17, 15) is 0 Å². The predicted octanol–water partition coefficient (Wildman–Crippen LogP) is 2.12. The Balaban J connectivity index is 1.75. The monoisotopic (exact) mass is 289 g/mol. The van der Waals surface area contributed by atoms with Gasteiger partial charge in [-0.05, 0) is 37.2 Å². The first kappa shape index (κ1) is 14.1. The molecule has 114 valence electrons. The van der Waals surface area contributed by atoms with E-state index >= 15 is 0 Å². The van der Waals surface area contributed by atoms with Crippen LogP contribution in [0.2, 0.25) is 0 Å². The molecule has 1 saturated carbocycles. The van der Waals surface area contributed by atoms with Crippen molar-refractivity contribution in [1.29, 1.82) is 0 Å². The van der Waals surface area contributed by atoms with Crippen LogP contribution in [0.1, 0.15) is 50.5 Å². The lowest BCUT2D eigenvalue weighted by molar-refractivity contribution is 0.144. The average molecular weight is 289 g/mol. The summed E-state index contributed by atoms with van der Waals surface area (Å²) in [6, 6.07) is 1.75. The second-order valence-corrected chi connectivity index (χ2v) is 6.30. The molecule has 0 amide bonds. The zero-order valence-corrected chi connectivity index (χ0v) is 12.3. The van der Waals surface area contributed by atoms with E-state index in [1.54, 1.807) is 12.3 Å². The molecule has 3 rings (SSSR count). The van der Waals surface area contributed by atoms with E-state index in [0.29, 0.717) is 11.0 Å². The number of amidine groups is 1. The van der Waals surface area contributed by atoms with E-state index in [1.807, 2.05) is 0 Å². The summed E-state index contributed by atoms with van der Waals surface area (Å²) in [5, 5.41) is 20.2. The smallest absolute Gasteiger partial charge is 0.173 e. The Bertz CT molecular complexity index is 515. The van der Waals surface area contributed by atoms with Crippen molar-refractivity contribution in [2.45, 2.75) is 44.9 Å². The summed E-state index contributed by atoms with van der Waals surface area (Å²) in [5.41, 5.74) is 6.95. The van der Waals surface area contributed by atoms with Crippen molar-refractivity contribution in [3.63, 3.8) is 0 Å². The zero-order valence-electron chi connectivity index (χ0n) is 12.3. The van der Waals surface area contributed by atoms with E-state index in [1.165, 1.54) is 44.9 Å². The Morgan fingerprint density at radius 3 is 2.57 bits per heavy atom. The van der Waals surface area contributed by atoms with Crippen LogP contribution in [-0.4, -0.2) is 34.3 Å². The minimum atomic E-state index is 0.0952. The summed E-state index contributed by atoms with van der Waals surface area (Å²) in [6.07, 6.45) is 10.9. The van der Waals surface area contributed by atoms with Crippen LogP contribution in [0, 0.1) is 5.41 Å². The fourth-order valence-electron chi connectivity index (χ4n) is 3.81. The van der Waals surface area contributed by atoms with Gasteiger partial charge in [0.25, 0.3) is 0 Å². The second-order valence-electron chi connectivity index (χ2n) is 6.30.